The Labute approximate surface area is 208 Å². The summed E-state index contributed by atoms with van der Waals surface area (Å²) >= 11 is 0. The molecule has 3 rings (SSSR count). The minimum atomic E-state index is 0.123. The fourth-order valence-corrected chi connectivity index (χ4v) is 5.75. The van der Waals surface area contributed by atoms with Gasteiger partial charge in [0.25, 0.3) is 0 Å². The van der Waals surface area contributed by atoms with Gasteiger partial charge in [-0.3, -0.25) is 0 Å². The molecule has 6 nitrogen and oxygen atoms in total. The molecule has 1 aliphatic heterocycles. The van der Waals surface area contributed by atoms with Crippen molar-refractivity contribution >= 4 is 0 Å². The Bertz CT molecular complexity index is 520. The van der Waals surface area contributed by atoms with Crippen LogP contribution in [0.3, 0.4) is 0 Å². The van der Waals surface area contributed by atoms with Crippen molar-refractivity contribution in [2.45, 2.75) is 104 Å². The molecule has 0 amide bonds. The number of hydrogen-bond acceptors (Lipinski definition) is 6. The third kappa shape index (κ3) is 9.01. The van der Waals surface area contributed by atoms with Crippen molar-refractivity contribution < 1.29 is 28.4 Å². The van der Waals surface area contributed by atoms with E-state index in [1.54, 1.807) is 0 Å². The Morgan fingerprint density at radius 1 is 0.412 bits per heavy atom. The molecule has 0 aromatic carbocycles. The van der Waals surface area contributed by atoms with Crippen LogP contribution in [0.1, 0.15) is 80.1 Å². The van der Waals surface area contributed by atoms with Crippen LogP contribution in [0.2, 0.25) is 0 Å². The molecule has 6 heteroatoms. The molecule has 6 atom stereocenters. The lowest BCUT2D eigenvalue weighted by Crippen LogP contribution is -2.43. The molecule has 2 saturated carbocycles. The molecule has 1 heterocycles. The molecular formula is C28H52O6. The highest BCUT2D eigenvalue weighted by molar-refractivity contribution is 4.88. The molecule has 3 aliphatic rings. The van der Waals surface area contributed by atoms with Crippen molar-refractivity contribution in [3.05, 3.63) is 0 Å². The van der Waals surface area contributed by atoms with E-state index in [0.29, 0.717) is 75.5 Å². The zero-order chi connectivity index (χ0) is 24.6. The topological polar surface area (TPSA) is 55.4 Å². The second kappa shape index (κ2) is 13.3. The van der Waals surface area contributed by atoms with Gasteiger partial charge in [-0.15, -0.1) is 0 Å². The summed E-state index contributed by atoms with van der Waals surface area (Å²) in [5, 5.41) is 0. The highest BCUT2D eigenvalue weighted by Gasteiger charge is 2.38. The smallest absolute Gasteiger partial charge is 0.0840 e. The van der Waals surface area contributed by atoms with Gasteiger partial charge >= 0.3 is 0 Å². The van der Waals surface area contributed by atoms with E-state index >= 15 is 0 Å². The summed E-state index contributed by atoms with van der Waals surface area (Å²) < 4.78 is 36.8. The first-order chi connectivity index (χ1) is 16.1. The Balaban J connectivity index is 1.52. The van der Waals surface area contributed by atoms with Gasteiger partial charge in [0, 0.05) is 0 Å². The van der Waals surface area contributed by atoms with Crippen LogP contribution >= 0.6 is 0 Å². The maximum absolute atomic E-state index is 6.30. The van der Waals surface area contributed by atoms with Gasteiger partial charge in [0.05, 0.1) is 77.3 Å². The van der Waals surface area contributed by atoms with Crippen LogP contribution in [0.5, 0.6) is 0 Å². The third-order valence-electron chi connectivity index (χ3n) is 8.15. The highest BCUT2D eigenvalue weighted by Crippen LogP contribution is 2.41. The van der Waals surface area contributed by atoms with Crippen molar-refractivity contribution in [2.24, 2.45) is 22.7 Å². The van der Waals surface area contributed by atoms with Crippen LogP contribution in [0.4, 0.5) is 0 Å². The summed E-state index contributed by atoms with van der Waals surface area (Å²) in [5.74, 6) is 1.30. The Hall–Kier alpha value is -0.240. The molecule has 2 aliphatic carbocycles. The van der Waals surface area contributed by atoms with Gasteiger partial charge < -0.3 is 28.4 Å². The molecule has 0 aromatic rings. The number of ether oxygens (including phenoxy) is 6. The second-order valence-corrected chi connectivity index (χ2v) is 12.6. The third-order valence-corrected chi connectivity index (χ3v) is 8.15. The van der Waals surface area contributed by atoms with Gasteiger partial charge in [-0.1, -0.05) is 41.5 Å². The number of fused-ring (bicyclic) bond motifs is 2. The molecule has 3 fully saturated rings. The highest BCUT2D eigenvalue weighted by atomic mass is 16.6. The molecule has 34 heavy (non-hydrogen) atoms. The van der Waals surface area contributed by atoms with Crippen LogP contribution in [-0.2, 0) is 28.4 Å². The van der Waals surface area contributed by atoms with Crippen molar-refractivity contribution in [2.75, 3.05) is 52.9 Å². The average molecular weight is 485 g/mol. The molecule has 0 spiro atoms. The van der Waals surface area contributed by atoms with Crippen molar-refractivity contribution in [1.82, 2.24) is 0 Å². The first-order valence-electron chi connectivity index (χ1n) is 13.8. The predicted octanol–water partition coefficient (Wildman–Crippen LogP) is 5.27. The SMILES string of the molecule is CC(C)(C)[C@@H]1CC[C@@H]2OCCOCCO[C@H]3CC[C@@H](C(C)(C)C)C[C@H]3OCCOCCO[C@@H]2C1. The minimum absolute atomic E-state index is 0.123. The predicted molar refractivity (Wildman–Crippen MR) is 134 cm³/mol. The molecule has 200 valence electrons. The standard InChI is InChI=1S/C28H52O6/c1-27(2,3)21-7-9-23-25(19-21)33-17-13-30-14-18-34-26-20-22(28(4,5)6)8-10-24(26)32-16-12-29-11-15-31-23/h21-26H,7-20H2,1-6H3/t21-,22-,23+,24+,25-,26-/m1/s1. The van der Waals surface area contributed by atoms with Crippen molar-refractivity contribution in [3.63, 3.8) is 0 Å². The van der Waals surface area contributed by atoms with Crippen LogP contribution in [-0.4, -0.2) is 77.3 Å². The lowest BCUT2D eigenvalue weighted by Gasteiger charge is -2.41. The Kier molecular flexibility index (Phi) is 11.1. The first-order valence-corrected chi connectivity index (χ1v) is 13.8. The lowest BCUT2D eigenvalue weighted by atomic mass is 9.71. The maximum atomic E-state index is 6.30. The van der Waals surface area contributed by atoms with Gasteiger partial charge in [0.2, 0.25) is 0 Å². The van der Waals surface area contributed by atoms with Gasteiger partial charge in [-0.2, -0.15) is 0 Å². The molecular weight excluding hydrogens is 432 g/mol. The molecule has 0 aromatic heterocycles. The van der Waals surface area contributed by atoms with E-state index in [1.165, 1.54) is 12.8 Å². The van der Waals surface area contributed by atoms with E-state index in [0.717, 1.165) is 25.7 Å². The summed E-state index contributed by atoms with van der Waals surface area (Å²) in [7, 11) is 0. The Morgan fingerprint density at radius 3 is 1.06 bits per heavy atom. The summed E-state index contributed by atoms with van der Waals surface area (Å²) in [5.41, 5.74) is 0.584. The van der Waals surface area contributed by atoms with Crippen LogP contribution in [0.15, 0.2) is 0 Å². The lowest BCUT2D eigenvalue weighted by molar-refractivity contribution is -0.142. The monoisotopic (exact) mass is 484 g/mol. The molecule has 0 N–H and O–H groups in total. The van der Waals surface area contributed by atoms with Crippen molar-refractivity contribution in [1.29, 1.82) is 0 Å². The fourth-order valence-electron chi connectivity index (χ4n) is 5.75. The van der Waals surface area contributed by atoms with Gasteiger partial charge in [0.15, 0.2) is 0 Å². The zero-order valence-corrected chi connectivity index (χ0v) is 22.8. The summed E-state index contributed by atoms with van der Waals surface area (Å²) in [6.07, 6.45) is 7.08. The molecule has 0 bridgehead atoms. The number of rotatable bonds is 0. The number of hydrogen-bond donors (Lipinski definition) is 0. The van der Waals surface area contributed by atoms with Gasteiger partial charge in [0.1, 0.15) is 0 Å². The summed E-state index contributed by atoms with van der Waals surface area (Å²) in [6.45, 7) is 18.8. The maximum Gasteiger partial charge on any atom is 0.0840 e. The van der Waals surface area contributed by atoms with E-state index in [9.17, 15) is 0 Å². The summed E-state index contributed by atoms with van der Waals surface area (Å²) in [6, 6.07) is 0. The average Bonchev–Trinajstić information content (AvgIpc) is 2.77. The quantitative estimate of drug-likeness (QED) is 0.467. The second-order valence-electron chi connectivity index (χ2n) is 12.6. The molecule has 0 unspecified atom stereocenters. The van der Waals surface area contributed by atoms with Crippen molar-refractivity contribution in [3.8, 4) is 0 Å². The van der Waals surface area contributed by atoms with Crippen LogP contribution < -0.4 is 0 Å². The molecule has 0 radical (unpaired) electrons. The van der Waals surface area contributed by atoms with Crippen LogP contribution in [0, 0.1) is 22.7 Å². The normalized spacial score (nSPS) is 36.5. The largest absolute Gasteiger partial charge is 0.377 e. The summed E-state index contributed by atoms with van der Waals surface area (Å²) in [4.78, 5) is 0. The van der Waals surface area contributed by atoms with Gasteiger partial charge in [-0.25, -0.2) is 0 Å². The first kappa shape index (κ1) is 28.3. The minimum Gasteiger partial charge on any atom is -0.377 e. The van der Waals surface area contributed by atoms with E-state index < -0.39 is 0 Å². The van der Waals surface area contributed by atoms with Crippen LogP contribution in [0.25, 0.3) is 0 Å². The Morgan fingerprint density at radius 2 is 0.735 bits per heavy atom. The van der Waals surface area contributed by atoms with E-state index in [-0.39, 0.29) is 24.4 Å². The van der Waals surface area contributed by atoms with E-state index in [4.69, 9.17) is 28.4 Å². The zero-order valence-electron chi connectivity index (χ0n) is 22.8. The van der Waals surface area contributed by atoms with Gasteiger partial charge in [-0.05, 0) is 61.2 Å². The fraction of sp³-hybridized carbons (Fsp3) is 1.00. The van der Waals surface area contributed by atoms with E-state index in [1.807, 2.05) is 0 Å². The van der Waals surface area contributed by atoms with E-state index in [2.05, 4.69) is 41.5 Å². The molecule has 1 saturated heterocycles.